The van der Waals surface area contributed by atoms with Crippen molar-refractivity contribution in [3.63, 3.8) is 0 Å². The molecule has 27 heavy (non-hydrogen) atoms. The Kier molecular flexibility index (Phi) is 4.97. The first-order valence-electron chi connectivity index (χ1n) is 9.03. The van der Waals surface area contributed by atoms with Gasteiger partial charge in [-0.2, -0.15) is 0 Å². The largest absolute Gasteiger partial charge is 0.375 e. The van der Waals surface area contributed by atoms with E-state index >= 15 is 0 Å². The molecular formula is C19H22N6O2. The van der Waals surface area contributed by atoms with Crippen LogP contribution in [-0.4, -0.2) is 63.0 Å². The number of rotatable bonds is 5. The number of aromatic nitrogens is 4. The van der Waals surface area contributed by atoms with E-state index < -0.39 is 0 Å². The maximum atomic E-state index is 12.1. The molecule has 4 rings (SSSR count). The Morgan fingerprint density at radius 3 is 3.15 bits per heavy atom. The highest BCUT2D eigenvalue weighted by molar-refractivity contribution is 5.77. The summed E-state index contributed by atoms with van der Waals surface area (Å²) in [4.78, 5) is 27.4. The zero-order valence-corrected chi connectivity index (χ0v) is 15.2. The van der Waals surface area contributed by atoms with Crippen LogP contribution in [0, 0.1) is 0 Å². The van der Waals surface area contributed by atoms with E-state index in [9.17, 15) is 4.79 Å². The fourth-order valence-corrected chi connectivity index (χ4v) is 3.41. The van der Waals surface area contributed by atoms with Crippen molar-refractivity contribution in [1.82, 2.24) is 24.3 Å². The number of ether oxygens (including phenoxy) is 1. The number of hydrogen-bond donors (Lipinski definition) is 1. The summed E-state index contributed by atoms with van der Waals surface area (Å²) in [6.45, 7) is 1.55. The number of hydrogen-bond acceptors (Lipinski definition) is 6. The Hall–Kier alpha value is -3.00. The first-order chi connectivity index (χ1) is 13.2. The predicted molar refractivity (Wildman–Crippen MR) is 101 cm³/mol. The molecular weight excluding hydrogens is 344 g/mol. The summed E-state index contributed by atoms with van der Waals surface area (Å²) in [5, 5.41) is 3.44. The van der Waals surface area contributed by atoms with Crippen molar-refractivity contribution >= 4 is 17.4 Å². The van der Waals surface area contributed by atoms with E-state index in [-0.39, 0.29) is 18.6 Å². The molecule has 3 aromatic rings. The molecule has 0 saturated carbocycles. The van der Waals surface area contributed by atoms with Gasteiger partial charge in [-0.1, -0.05) is 6.07 Å². The van der Waals surface area contributed by atoms with Crippen LogP contribution >= 0.6 is 0 Å². The minimum absolute atomic E-state index is 0.0260. The Balaban J connectivity index is 1.50. The number of imidazole rings is 1. The highest BCUT2D eigenvalue weighted by Gasteiger charge is 2.23. The molecule has 0 radical (unpaired) electrons. The van der Waals surface area contributed by atoms with Crippen molar-refractivity contribution in [2.24, 2.45) is 0 Å². The van der Waals surface area contributed by atoms with Crippen molar-refractivity contribution in [1.29, 1.82) is 0 Å². The van der Waals surface area contributed by atoms with Crippen LogP contribution in [0.5, 0.6) is 0 Å². The van der Waals surface area contributed by atoms with Gasteiger partial charge in [0.1, 0.15) is 23.8 Å². The first kappa shape index (κ1) is 17.4. The van der Waals surface area contributed by atoms with E-state index in [4.69, 9.17) is 4.74 Å². The molecule has 0 spiro atoms. The molecule has 140 valence electrons. The summed E-state index contributed by atoms with van der Waals surface area (Å²) in [5.74, 6) is 1.39. The van der Waals surface area contributed by atoms with Gasteiger partial charge < -0.3 is 15.0 Å². The normalized spacial score (nSPS) is 17.2. The summed E-state index contributed by atoms with van der Waals surface area (Å²) in [7, 11) is 1.54. The molecule has 1 amide bonds. The molecule has 1 N–H and O–H groups in total. The first-order valence-corrected chi connectivity index (χ1v) is 9.03. The maximum absolute atomic E-state index is 12.1. The van der Waals surface area contributed by atoms with Crippen molar-refractivity contribution in [3.05, 3.63) is 42.9 Å². The summed E-state index contributed by atoms with van der Waals surface area (Å²) in [5.41, 5.74) is 1.70. The molecule has 0 aliphatic carbocycles. The number of fused-ring (bicyclic) bond motifs is 1. The van der Waals surface area contributed by atoms with Gasteiger partial charge in [0, 0.05) is 38.6 Å². The van der Waals surface area contributed by atoms with Crippen molar-refractivity contribution in [3.8, 4) is 11.5 Å². The predicted octanol–water partition coefficient (Wildman–Crippen LogP) is 1.84. The molecule has 0 unspecified atom stereocenters. The number of likely N-dealkylation sites (tertiary alicyclic amines) is 1. The second-order valence-corrected chi connectivity index (χ2v) is 6.59. The molecule has 1 fully saturated rings. The van der Waals surface area contributed by atoms with Gasteiger partial charge in [0.05, 0.1) is 6.20 Å². The number of methoxy groups -OCH3 is 1. The fraction of sp³-hybridized carbons (Fsp3) is 0.368. The van der Waals surface area contributed by atoms with E-state index in [2.05, 4.69) is 20.3 Å². The lowest BCUT2D eigenvalue weighted by molar-refractivity contribution is -0.136. The van der Waals surface area contributed by atoms with Crippen LogP contribution in [0.2, 0.25) is 0 Å². The van der Waals surface area contributed by atoms with Crippen LogP contribution in [0.3, 0.4) is 0 Å². The van der Waals surface area contributed by atoms with Crippen LogP contribution in [0.4, 0.5) is 5.82 Å². The number of carbonyl (C=O) groups is 1. The third kappa shape index (κ3) is 3.75. The van der Waals surface area contributed by atoms with Gasteiger partial charge >= 0.3 is 0 Å². The van der Waals surface area contributed by atoms with Gasteiger partial charge in [0.25, 0.3) is 0 Å². The average Bonchev–Trinajstić information content (AvgIpc) is 3.13. The van der Waals surface area contributed by atoms with Gasteiger partial charge in [-0.15, -0.1) is 0 Å². The van der Waals surface area contributed by atoms with Gasteiger partial charge in [0.2, 0.25) is 5.91 Å². The number of nitrogens with zero attached hydrogens (tertiary/aromatic N) is 5. The van der Waals surface area contributed by atoms with Crippen molar-refractivity contribution in [2.75, 3.05) is 32.1 Å². The minimum atomic E-state index is 0.0260. The lowest BCUT2D eigenvalue weighted by Gasteiger charge is -2.33. The SMILES string of the molecule is COCC(=O)N1CCC[C@@H](Nc2ccnc(-c3cnc4ccccn34)n2)C1. The van der Waals surface area contributed by atoms with E-state index in [1.807, 2.05) is 39.8 Å². The van der Waals surface area contributed by atoms with Gasteiger partial charge in [-0.25, -0.2) is 15.0 Å². The Morgan fingerprint density at radius 1 is 1.33 bits per heavy atom. The van der Waals surface area contributed by atoms with E-state index in [0.717, 1.165) is 36.5 Å². The fourth-order valence-electron chi connectivity index (χ4n) is 3.41. The highest BCUT2D eigenvalue weighted by Crippen LogP contribution is 2.20. The van der Waals surface area contributed by atoms with Gasteiger partial charge in [-0.3, -0.25) is 9.20 Å². The number of nitrogens with one attached hydrogen (secondary N) is 1. The third-order valence-corrected chi connectivity index (χ3v) is 4.70. The number of pyridine rings is 1. The lowest BCUT2D eigenvalue weighted by atomic mass is 10.1. The third-order valence-electron chi connectivity index (χ3n) is 4.70. The van der Waals surface area contributed by atoms with Gasteiger partial charge in [0.15, 0.2) is 5.82 Å². The monoisotopic (exact) mass is 366 g/mol. The molecule has 0 aromatic carbocycles. The molecule has 1 saturated heterocycles. The summed E-state index contributed by atoms with van der Waals surface area (Å²) < 4.78 is 6.93. The number of carbonyl (C=O) groups excluding carboxylic acids is 1. The molecule has 3 aromatic heterocycles. The van der Waals surface area contributed by atoms with Crippen LogP contribution in [-0.2, 0) is 9.53 Å². The molecule has 1 atom stereocenters. The lowest BCUT2D eigenvalue weighted by Crippen LogP contribution is -2.46. The Morgan fingerprint density at radius 2 is 2.26 bits per heavy atom. The van der Waals surface area contributed by atoms with E-state index in [1.54, 1.807) is 19.5 Å². The summed E-state index contributed by atoms with van der Waals surface area (Å²) in [6.07, 6.45) is 7.41. The van der Waals surface area contributed by atoms with Crippen molar-refractivity contribution < 1.29 is 9.53 Å². The molecule has 8 heteroatoms. The second-order valence-electron chi connectivity index (χ2n) is 6.59. The Labute approximate surface area is 157 Å². The van der Waals surface area contributed by atoms with Crippen LogP contribution < -0.4 is 5.32 Å². The number of piperidine rings is 1. The standard InChI is InChI=1S/C19H22N6O2/c1-27-13-18(26)24-9-4-5-14(12-24)22-16-7-8-20-19(23-16)15-11-21-17-6-2-3-10-25(15)17/h2-3,6-8,10-11,14H,4-5,9,12-13H2,1H3,(H,20,22,23)/t14-/m1/s1. The zero-order chi connectivity index (χ0) is 18.6. The molecule has 8 nitrogen and oxygen atoms in total. The minimum Gasteiger partial charge on any atom is -0.375 e. The van der Waals surface area contributed by atoms with Gasteiger partial charge in [-0.05, 0) is 31.0 Å². The van der Waals surface area contributed by atoms with E-state index in [0.29, 0.717) is 12.4 Å². The van der Waals surface area contributed by atoms with Crippen LogP contribution in [0.1, 0.15) is 12.8 Å². The zero-order valence-electron chi connectivity index (χ0n) is 15.2. The molecule has 1 aliphatic rings. The van der Waals surface area contributed by atoms with Crippen molar-refractivity contribution in [2.45, 2.75) is 18.9 Å². The molecule has 0 bridgehead atoms. The number of amides is 1. The second kappa shape index (κ2) is 7.71. The maximum Gasteiger partial charge on any atom is 0.248 e. The smallest absolute Gasteiger partial charge is 0.248 e. The topological polar surface area (TPSA) is 84.6 Å². The average molecular weight is 366 g/mol. The van der Waals surface area contributed by atoms with E-state index in [1.165, 1.54) is 0 Å². The molecule has 1 aliphatic heterocycles. The highest BCUT2D eigenvalue weighted by atomic mass is 16.5. The quantitative estimate of drug-likeness (QED) is 0.742. The summed E-state index contributed by atoms with van der Waals surface area (Å²) >= 11 is 0. The number of anilines is 1. The molecule has 4 heterocycles. The van der Waals surface area contributed by atoms with Crippen LogP contribution in [0.25, 0.3) is 17.2 Å². The van der Waals surface area contributed by atoms with Crippen LogP contribution in [0.15, 0.2) is 42.9 Å². The Bertz CT molecular complexity index is 941. The summed E-state index contributed by atoms with van der Waals surface area (Å²) in [6, 6.07) is 7.85.